The van der Waals surface area contributed by atoms with Gasteiger partial charge in [0.2, 0.25) is 0 Å². The summed E-state index contributed by atoms with van der Waals surface area (Å²) < 4.78 is 7.12. The molecule has 158 valence electrons. The van der Waals surface area contributed by atoms with Crippen LogP contribution < -0.4 is 5.32 Å². The fraction of sp³-hybridized carbons (Fsp3) is 0.435. The second-order valence-corrected chi connectivity index (χ2v) is 8.81. The zero-order chi connectivity index (χ0) is 21.1. The summed E-state index contributed by atoms with van der Waals surface area (Å²) in [6, 6.07) is 9.69. The normalized spacial score (nSPS) is 14.7. The Balaban J connectivity index is 1.47. The van der Waals surface area contributed by atoms with E-state index < -0.39 is 0 Å². The number of aryl methyl sites for hydroxylation is 1. The molecular weight excluding hydrogens is 398 g/mol. The van der Waals surface area contributed by atoms with Gasteiger partial charge < -0.3 is 10.1 Å². The van der Waals surface area contributed by atoms with Crippen LogP contribution in [0.4, 0.5) is 5.69 Å². The van der Waals surface area contributed by atoms with E-state index in [0.29, 0.717) is 23.2 Å². The van der Waals surface area contributed by atoms with E-state index in [0.717, 1.165) is 34.3 Å². The molecule has 0 aliphatic heterocycles. The summed E-state index contributed by atoms with van der Waals surface area (Å²) in [4.78, 5) is 26.2. The summed E-state index contributed by atoms with van der Waals surface area (Å²) in [6.45, 7) is 4.18. The predicted molar refractivity (Wildman–Crippen MR) is 119 cm³/mol. The number of nitrogens with one attached hydrogen (secondary N) is 1. The summed E-state index contributed by atoms with van der Waals surface area (Å²) in [5.41, 5.74) is 2.54. The Kier molecular flexibility index (Phi) is 6.18. The fourth-order valence-electron chi connectivity index (χ4n) is 4.03. The van der Waals surface area contributed by atoms with Gasteiger partial charge in [0.1, 0.15) is 4.83 Å². The van der Waals surface area contributed by atoms with Crippen molar-refractivity contribution < 1.29 is 14.3 Å². The van der Waals surface area contributed by atoms with E-state index in [2.05, 4.69) is 10.00 Å². The van der Waals surface area contributed by atoms with Crippen LogP contribution in [0.2, 0.25) is 0 Å². The van der Waals surface area contributed by atoms with E-state index in [4.69, 9.17) is 9.84 Å². The molecule has 7 heteroatoms. The average molecular weight is 426 g/mol. The Morgan fingerprint density at radius 3 is 2.63 bits per heavy atom. The first-order valence-corrected chi connectivity index (χ1v) is 11.4. The van der Waals surface area contributed by atoms with Crippen molar-refractivity contribution >= 4 is 39.1 Å². The molecule has 4 rings (SSSR count). The minimum absolute atomic E-state index is 0.121. The number of hydrogen-bond acceptors (Lipinski definition) is 5. The molecule has 1 N–H and O–H groups in total. The first-order chi connectivity index (χ1) is 14.5. The predicted octanol–water partition coefficient (Wildman–Crippen LogP) is 5.27. The van der Waals surface area contributed by atoms with Gasteiger partial charge in [-0.15, -0.1) is 11.3 Å². The van der Waals surface area contributed by atoms with Crippen LogP contribution in [0.3, 0.4) is 0 Å². The van der Waals surface area contributed by atoms with Gasteiger partial charge in [0.25, 0.3) is 5.91 Å². The van der Waals surface area contributed by atoms with Gasteiger partial charge in [-0.05, 0) is 50.5 Å². The molecule has 3 aromatic rings. The Morgan fingerprint density at radius 2 is 1.93 bits per heavy atom. The minimum Gasteiger partial charge on any atom is -0.466 e. The summed E-state index contributed by atoms with van der Waals surface area (Å²) in [5, 5.41) is 8.79. The number of esters is 1. The molecule has 2 heterocycles. The van der Waals surface area contributed by atoms with Crippen LogP contribution in [0.15, 0.2) is 30.3 Å². The maximum Gasteiger partial charge on any atom is 0.310 e. The smallest absolute Gasteiger partial charge is 0.310 e. The van der Waals surface area contributed by atoms with Gasteiger partial charge in [0, 0.05) is 11.1 Å². The molecule has 1 aromatic carbocycles. The first kappa shape index (κ1) is 20.6. The third-order valence-electron chi connectivity index (χ3n) is 5.58. The summed E-state index contributed by atoms with van der Waals surface area (Å²) in [5.74, 6) is -0.370. The van der Waals surface area contributed by atoms with Crippen molar-refractivity contribution in [1.82, 2.24) is 9.78 Å². The lowest BCUT2D eigenvalue weighted by Crippen LogP contribution is -2.14. The molecule has 0 atom stereocenters. The van der Waals surface area contributed by atoms with E-state index in [1.54, 1.807) is 6.92 Å². The van der Waals surface area contributed by atoms with E-state index in [-0.39, 0.29) is 18.3 Å². The van der Waals surface area contributed by atoms with Crippen LogP contribution in [0.25, 0.3) is 10.2 Å². The highest BCUT2D eigenvalue weighted by Crippen LogP contribution is 2.35. The van der Waals surface area contributed by atoms with Gasteiger partial charge in [-0.1, -0.05) is 31.4 Å². The second kappa shape index (κ2) is 9.00. The monoisotopic (exact) mass is 425 g/mol. The summed E-state index contributed by atoms with van der Waals surface area (Å²) in [6.07, 6.45) is 6.35. The van der Waals surface area contributed by atoms with Crippen molar-refractivity contribution in [2.75, 3.05) is 11.9 Å². The Bertz CT molecular complexity index is 1050. The molecule has 1 saturated carbocycles. The van der Waals surface area contributed by atoms with Crippen LogP contribution in [-0.2, 0) is 16.0 Å². The van der Waals surface area contributed by atoms with Gasteiger partial charge >= 0.3 is 5.97 Å². The molecule has 1 aliphatic carbocycles. The Hall–Kier alpha value is -2.67. The SMILES string of the molecule is CCOC(=O)Cc1ccc(NC(=O)c2cc3c(C)nn(C4CCCCC4)c3s2)cc1. The Morgan fingerprint density at radius 1 is 1.20 bits per heavy atom. The van der Waals surface area contributed by atoms with Crippen LogP contribution >= 0.6 is 11.3 Å². The van der Waals surface area contributed by atoms with Crippen LogP contribution in [-0.4, -0.2) is 28.3 Å². The van der Waals surface area contributed by atoms with Crippen LogP contribution in [0.5, 0.6) is 0 Å². The van der Waals surface area contributed by atoms with Crippen molar-refractivity contribution in [3.8, 4) is 0 Å². The fourth-order valence-corrected chi connectivity index (χ4v) is 5.16. The highest BCUT2D eigenvalue weighted by molar-refractivity contribution is 7.20. The number of hydrogen-bond donors (Lipinski definition) is 1. The number of amides is 1. The molecule has 2 aromatic heterocycles. The van der Waals surface area contributed by atoms with E-state index in [1.807, 2.05) is 37.3 Å². The third-order valence-corrected chi connectivity index (χ3v) is 6.70. The molecule has 0 unspecified atom stereocenters. The van der Waals surface area contributed by atoms with Crippen molar-refractivity contribution in [2.45, 2.75) is 58.4 Å². The molecular formula is C23H27N3O3S. The number of thiophene rings is 1. The van der Waals surface area contributed by atoms with Crippen molar-refractivity contribution in [3.63, 3.8) is 0 Å². The van der Waals surface area contributed by atoms with Gasteiger partial charge in [0.15, 0.2) is 0 Å². The van der Waals surface area contributed by atoms with Crippen molar-refractivity contribution in [3.05, 3.63) is 46.5 Å². The summed E-state index contributed by atoms with van der Waals surface area (Å²) >= 11 is 1.51. The summed E-state index contributed by atoms with van der Waals surface area (Å²) in [7, 11) is 0. The molecule has 1 fully saturated rings. The molecule has 1 aliphatic rings. The van der Waals surface area contributed by atoms with Crippen molar-refractivity contribution in [1.29, 1.82) is 0 Å². The number of carbonyl (C=O) groups excluding carboxylic acids is 2. The number of nitrogens with zero attached hydrogens (tertiary/aromatic N) is 2. The lowest BCUT2D eigenvalue weighted by molar-refractivity contribution is -0.142. The zero-order valence-corrected chi connectivity index (χ0v) is 18.3. The van der Waals surface area contributed by atoms with Gasteiger partial charge in [-0.25, -0.2) is 0 Å². The largest absolute Gasteiger partial charge is 0.466 e. The lowest BCUT2D eigenvalue weighted by atomic mass is 9.96. The molecule has 6 nitrogen and oxygen atoms in total. The highest BCUT2D eigenvalue weighted by Gasteiger charge is 2.22. The van der Waals surface area contributed by atoms with Crippen molar-refractivity contribution in [2.24, 2.45) is 0 Å². The number of benzene rings is 1. The number of rotatable bonds is 6. The van der Waals surface area contributed by atoms with Crippen LogP contribution in [0, 0.1) is 6.92 Å². The molecule has 0 bridgehead atoms. The molecule has 30 heavy (non-hydrogen) atoms. The number of fused-ring (bicyclic) bond motifs is 1. The van der Waals surface area contributed by atoms with Gasteiger partial charge in [0.05, 0.1) is 29.6 Å². The average Bonchev–Trinajstić information content (AvgIpc) is 3.31. The lowest BCUT2D eigenvalue weighted by Gasteiger charge is -2.22. The zero-order valence-electron chi connectivity index (χ0n) is 17.4. The topological polar surface area (TPSA) is 73.2 Å². The van der Waals surface area contributed by atoms with Gasteiger partial charge in [-0.3, -0.25) is 14.3 Å². The molecule has 0 radical (unpaired) electrons. The standard InChI is InChI=1S/C23H27N3O3S/c1-3-29-21(27)13-16-9-11-17(12-10-16)24-22(28)20-14-19-15(2)25-26(23(19)30-20)18-7-5-4-6-8-18/h9-12,14,18H,3-8,13H2,1-2H3,(H,24,28). The van der Waals surface area contributed by atoms with E-state index in [1.165, 1.54) is 30.6 Å². The molecule has 1 amide bonds. The second-order valence-electron chi connectivity index (χ2n) is 7.78. The minimum atomic E-state index is -0.248. The molecule has 0 spiro atoms. The first-order valence-electron chi connectivity index (χ1n) is 10.6. The highest BCUT2D eigenvalue weighted by atomic mass is 32.1. The number of aromatic nitrogens is 2. The quantitative estimate of drug-likeness (QED) is 0.546. The maximum atomic E-state index is 12.8. The third kappa shape index (κ3) is 4.41. The number of anilines is 1. The number of ether oxygens (including phenoxy) is 1. The maximum absolute atomic E-state index is 12.8. The molecule has 0 saturated heterocycles. The Labute approximate surface area is 180 Å². The van der Waals surface area contributed by atoms with E-state index in [9.17, 15) is 9.59 Å². The van der Waals surface area contributed by atoms with Crippen LogP contribution in [0.1, 0.15) is 66.0 Å². The number of carbonyl (C=O) groups is 2. The van der Waals surface area contributed by atoms with Gasteiger partial charge in [-0.2, -0.15) is 5.10 Å². The van der Waals surface area contributed by atoms with E-state index >= 15 is 0 Å².